The van der Waals surface area contributed by atoms with Crippen molar-refractivity contribution in [3.63, 3.8) is 0 Å². The van der Waals surface area contributed by atoms with E-state index in [0.717, 1.165) is 12.6 Å². The first-order chi connectivity index (χ1) is 7.25. The Balaban J connectivity index is 1.49. The third-order valence-corrected chi connectivity index (χ3v) is 4.34. The van der Waals surface area contributed by atoms with Gasteiger partial charge >= 0.3 is 0 Å². The Labute approximate surface area is 92.6 Å². The van der Waals surface area contributed by atoms with Crippen LogP contribution in [0.3, 0.4) is 0 Å². The van der Waals surface area contributed by atoms with Gasteiger partial charge in [-0.1, -0.05) is 0 Å². The summed E-state index contributed by atoms with van der Waals surface area (Å²) in [7, 11) is 0. The highest BCUT2D eigenvalue weighted by Gasteiger charge is 2.41. The number of rotatable bonds is 3. The van der Waals surface area contributed by atoms with Gasteiger partial charge in [-0.05, 0) is 51.7 Å². The van der Waals surface area contributed by atoms with Gasteiger partial charge in [0.15, 0.2) is 0 Å². The fourth-order valence-corrected chi connectivity index (χ4v) is 3.12. The first kappa shape index (κ1) is 10.1. The van der Waals surface area contributed by atoms with Crippen LogP contribution in [-0.4, -0.2) is 54.1 Å². The fourth-order valence-electron chi connectivity index (χ4n) is 3.12. The number of likely N-dealkylation sites (tertiary alicyclic amines) is 2. The largest absolute Gasteiger partial charge is 0.324 e. The third kappa shape index (κ3) is 2.19. The molecule has 3 fully saturated rings. The molecule has 3 aliphatic rings. The predicted molar refractivity (Wildman–Crippen MR) is 61.8 cm³/mol. The van der Waals surface area contributed by atoms with Crippen molar-refractivity contribution in [3.05, 3.63) is 0 Å². The molecular formula is C12H23N3. The number of nitrogens with two attached hydrogens (primary N) is 1. The molecule has 0 amide bonds. The van der Waals surface area contributed by atoms with E-state index < -0.39 is 0 Å². The van der Waals surface area contributed by atoms with Gasteiger partial charge in [-0.25, -0.2) is 0 Å². The second-order valence-electron chi connectivity index (χ2n) is 5.78. The number of nitrogens with zero attached hydrogens (tertiary/aromatic N) is 2. The number of hydrogen-bond acceptors (Lipinski definition) is 3. The molecule has 2 aliphatic heterocycles. The minimum absolute atomic E-state index is 0.208. The van der Waals surface area contributed by atoms with Gasteiger partial charge in [0, 0.05) is 24.7 Å². The van der Waals surface area contributed by atoms with Gasteiger partial charge in [-0.3, -0.25) is 9.80 Å². The smallest absolute Gasteiger partial charge is 0.0284 e. The zero-order valence-corrected chi connectivity index (χ0v) is 9.62. The lowest BCUT2D eigenvalue weighted by atomic mass is 10.2. The second kappa shape index (κ2) is 3.72. The van der Waals surface area contributed by atoms with Gasteiger partial charge in [-0.2, -0.15) is 0 Å². The van der Waals surface area contributed by atoms with Crippen molar-refractivity contribution in [1.82, 2.24) is 9.80 Å². The first-order valence-electron chi connectivity index (χ1n) is 6.51. The summed E-state index contributed by atoms with van der Waals surface area (Å²) in [6.45, 7) is 6.38. The zero-order valence-electron chi connectivity index (χ0n) is 9.62. The summed E-state index contributed by atoms with van der Waals surface area (Å²) >= 11 is 0. The molecule has 0 aromatic carbocycles. The quantitative estimate of drug-likeness (QED) is 0.740. The van der Waals surface area contributed by atoms with Crippen molar-refractivity contribution in [1.29, 1.82) is 0 Å². The summed E-state index contributed by atoms with van der Waals surface area (Å²) < 4.78 is 0. The molecule has 3 nitrogen and oxygen atoms in total. The van der Waals surface area contributed by atoms with E-state index in [2.05, 4.69) is 9.80 Å². The molecule has 15 heavy (non-hydrogen) atoms. The van der Waals surface area contributed by atoms with Crippen molar-refractivity contribution >= 4 is 0 Å². The summed E-state index contributed by atoms with van der Waals surface area (Å²) in [5, 5.41) is 0. The van der Waals surface area contributed by atoms with Crippen molar-refractivity contribution in [3.8, 4) is 0 Å². The fraction of sp³-hybridized carbons (Fsp3) is 1.00. The van der Waals surface area contributed by atoms with Crippen LogP contribution in [-0.2, 0) is 0 Å². The minimum Gasteiger partial charge on any atom is -0.324 e. The van der Waals surface area contributed by atoms with Crippen LogP contribution in [0.15, 0.2) is 0 Å². The van der Waals surface area contributed by atoms with E-state index in [1.807, 2.05) is 0 Å². The van der Waals surface area contributed by atoms with Crippen LogP contribution in [0.5, 0.6) is 0 Å². The minimum atomic E-state index is 0.208. The maximum atomic E-state index is 6.17. The average Bonchev–Trinajstić information content (AvgIpc) is 2.73. The van der Waals surface area contributed by atoms with E-state index in [4.69, 9.17) is 5.73 Å². The van der Waals surface area contributed by atoms with Gasteiger partial charge in [0.1, 0.15) is 0 Å². The molecule has 0 radical (unpaired) electrons. The van der Waals surface area contributed by atoms with Crippen LogP contribution in [0.4, 0.5) is 0 Å². The van der Waals surface area contributed by atoms with Gasteiger partial charge in [-0.15, -0.1) is 0 Å². The van der Waals surface area contributed by atoms with Crippen molar-refractivity contribution in [2.24, 2.45) is 5.73 Å². The average molecular weight is 209 g/mol. The molecule has 2 saturated heterocycles. The summed E-state index contributed by atoms with van der Waals surface area (Å²) in [4.78, 5) is 5.28. The van der Waals surface area contributed by atoms with Crippen LogP contribution in [0, 0.1) is 0 Å². The zero-order chi connectivity index (χ0) is 10.3. The molecule has 1 aliphatic carbocycles. The van der Waals surface area contributed by atoms with Gasteiger partial charge in [0.25, 0.3) is 0 Å². The molecular weight excluding hydrogens is 186 g/mol. The van der Waals surface area contributed by atoms with Crippen LogP contribution in [0.25, 0.3) is 0 Å². The highest BCUT2D eigenvalue weighted by Crippen LogP contribution is 2.34. The van der Waals surface area contributed by atoms with E-state index in [9.17, 15) is 0 Å². The molecule has 0 aromatic heterocycles. The SMILES string of the molecule is NC1(CN2CCC(N3CCCC3)C2)CC1. The summed E-state index contributed by atoms with van der Waals surface area (Å²) in [5.41, 5.74) is 6.38. The lowest BCUT2D eigenvalue weighted by molar-refractivity contribution is 0.226. The Morgan fingerprint density at radius 1 is 1.13 bits per heavy atom. The summed E-state index contributed by atoms with van der Waals surface area (Å²) in [6.07, 6.45) is 6.69. The van der Waals surface area contributed by atoms with Crippen LogP contribution < -0.4 is 5.73 Å². The monoisotopic (exact) mass is 209 g/mol. The summed E-state index contributed by atoms with van der Waals surface area (Å²) in [6, 6.07) is 0.842. The standard InChI is InChI=1S/C12H23N3/c13-12(4-5-12)10-14-8-3-11(9-14)15-6-1-2-7-15/h11H,1-10,13H2. The third-order valence-electron chi connectivity index (χ3n) is 4.34. The molecule has 86 valence electrons. The van der Waals surface area contributed by atoms with Crippen LogP contribution >= 0.6 is 0 Å². The molecule has 0 bridgehead atoms. The van der Waals surface area contributed by atoms with Gasteiger partial charge in [0.05, 0.1) is 0 Å². The highest BCUT2D eigenvalue weighted by molar-refractivity contribution is 5.02. The Hall–Kier alpha value is -0.120. The van der Waals surface area contributed by atoms with E-state index in [-0.39, 0.29) is 5.54 Å². The molecule has 1 unspecified atom stereocenters. The maximum Gasteiger partial charge on any atom is 0.0284 e. The molecule has 0 spiro atoms. The molecule has 2 heterocycles. The van der Waals surface area contributed by atoms with E-state index in [1.54, 1.807) is 0 Å². The Kier molecular flexibility index (Phi) is 2.49. The normalized spacial score (nSPS) is 36.2. The highest BCUT2D eigenvalue weighted by atomic mass is 15.3. The van der Waals surface area contributed by atoms with Crippen molar-refractivity contribution < 1.29 is 0 Å². The van der Waals surface area contributed by atoms with E-state index in [1.165, 1.54) is 58.3 Å². The molecule has 3 rings (SSSR count). The molecule has 2 N–H and O–H groups in total. The molecule has 1 atom stereocenters. The Morgan fingerprint density at radius 2 is 1.87 bits per heavy atom. The van der Waals surface area contributed by atoms with Gasteiger partial charge in [0.2, 0.25) is 0 Å². The number of hydrogen-bond donors (Lipinski definition) is 1. The lowest BCUT2D eigenvalue weighted by Gasteiger charge is -2.24. The Morgan fingerprint density at radius 3 is 2.53 bits per heavy atom. The van der Waals surface area contributed by atoms with Crippen molar-refractivity contribution in [2.75, 3.05) is 32.7 Å². The van der Waals surface area contributed by atoms with E-state index in [0.29, 0.717) is 0 Å². The maximum absolute atomic E-state index is 6.17. The molecule has 0 aromatic rings. The lowest BCUT2D eigenvalue weighted by Crippen LogP contribution is -2.40. The van der Waals surface area contributed by atoms with Crippen molar-refractivity contribution in [2.45, 2.75) is 43.7 Å². The summed E-state index contributed by atoms with van der Waals surface area (Å²) in [5.74, 6) is 0. The van der Waals surface area contributed by atoms with E-state index >= 15 is 0 Å². The van der Waals surface area contributed by atoms with Crippen LogP contribution in [0.2, 0.25) is 0 Å². The van der Waals surface area contributed by atoms with Crippen LogP contribution in [0.1, 0.15) is 32.1 Å². The second-order valence-corrected chi connectivity index (χ2v) is 5.78. The molecule has 1 saturated carbocycles. The molecule has 3 heteroatoms. The Bertz CT molecular complexity index is 231. The van der Waals surface area contributed by atoms with Gasteiger partial charge < -0.3 is 5.73 Å². The predicted octanol–water partition coefficient (Wildman–Crippen LogP) is 0.648. The topological polar surface area (TPSA) is 32.5 Å². The first-order valence-corrected chi connectivity index (χ1v) is 6.51.